The summed E-state index contributed by atoms with van der Waals surface area (Å²) in [6, 6.07) is 1.12. The highest BCUT2D eigenvalue weighted by molar-refractivity contribution is 5.81. The summed E-state index contributed by atoms with van der Waals surface area (Å²) in [5.41, 5.74) is -0.519. The van der Waals surface area contributed by atoms with Crippen molar-refractivity contribution in [1.82, 2.24) is 20.1 Å². The molecule has 5 nitrogen and oxygen atoms in total. The Balaban J connectivity index is 2.14. The molecule has 0 aromatic carbocycles. The Morgan fingerprint density at radius 1 is 1.23 bits per heavy atom. The maximum absolute atomic E-state index is 13.4. The third-order valence-electron chi connectivity index (χ3n) is 3.77. The van der Waals surface area contributed by atoms with Crippen molar-refractivity contribution in [2.24, 2.45) is 0 Å². The normalized spacial score (nSPS) is 16.7. The maximum atomic E-state index is 13.4. The van der Waals surface area contributed by atoms with Crippen LogP contribution in [0.5, 0.6) is 0 Å². The molecule has 3 rings (SSSR count). The summed E-state index contributed by atoms with van der Waals surface area (Å²) in [6.45, 7) is 6.50. The molecule has 1 aliphatic heterocycles. The Bertz CT molecular complexity index is 671. The van der Waals surface area contributed by atoms with Crippen LogP contribution in [0.2, 0.25) is 0 Å². The second kappa shape index (κ2) is 5.42. The van der Waals surface area contributed by atoms with Gasteiger partial charge in [0, 0.05) is 38.4 Å². The Kier molecular flexibility index (Phi) is 3.72. The van der Waals surface area contributed by atoms with E-state index >= 15 is 0 Å². The van der Waals surface area contributed by atoms with Crippen LogP contribution in [0.25, 0.3) is 11.0 Å². The zero-order valence-electron chi connectivity index (χ0n) is 12.5. The van der Waals surface area contributed by atoms with Gasteiger partial charge < -0.3 is 10.2 Å². The van der Waals surface area contributed by atoms with Gasteiger partial charge in [-0.25, -0.2) is 4.98 Å². The third-order valence-corrected chi connectivity index (χ3v) is 3.77. The Labute approximate surface area is 126 Å². The van der Waals surface area contributed by atoms with E-state index in [0.717, 1.165) is 19.2 Å². The van der Waals surface area contributed by atoms with Gasteiger partial charge in [-0.1, -0.05) is 0 Å². The first-order chi connectivity index (χ1) is 10.4. The van der Waals surface area contributed by atoms with E-state index in [1.807, 2.05) is 18.7 Å². The molecular formula is C14H18F3N5. The van der Waals surface area contributed by atoms with E-state index in [-0.39, 0.29) is 17.1 Å². The summed E-state index contributed by atoms with van der Waals surface area (Å²) >= 11 is 0. The molecule has 0 bridgehead atoms. The summed E-state index contributed by atoms with van der Waals surface area (Å²) in [5, 5.41) is 7.43. The van der Waals surface area contributed by atoms with Crippen LogP contribution in [0.3, 0.4) is 0 Å². The van der Waals surface area contributed by atoms with Gasteiger partial charge in [0.1, 0.15) is 5.82 Å². The van der Waals surface area contributed by atoms with Gasteiger partial charge in [0.05, 0.1) is 10.9 Å². The number of aromatic nitrogens is 3. The number of halogens is 3. The standard InChI is InChI=1S/C14H18F3N5/c1-9(2)22-8-10-11(14(15,16)17)7-12(19-13(10)20-22)21-5-3-18-4-6-21/h7-9,18H,3-6H2,1-2H3. The van der Waals surface area contributed by atoms with Crippen LogP contribution >= 0.6 is 0 Å². The number of hydrogen-bond donors (Lipinski definition) is 1. The predicted molar refractivity (Wildman–Crippen MR) is 78.0 cm³/mol. The van der Waals surface area contributed by atoms with E-state index in [1.54, 1.807) is 0 Å². The first-order valence-electron chi connectivity index (χ1n) is 7.29. The minimum atomic E-state index is -4.42. The zero-order valence-corrected chi connectivity index (χ0v) is 12.5. The van der Waals surface area contributed by atoms with Crippen molar-refractivity contribution in [2.75, 3.05) is 31.1 Å². The monoisotopic (exact) mass is 313 g/mol. The number of rotatable bonds is 2. The first kappa shape index (κ1) is 15.1. The molecule has 0 amide bonds. The topological polar surface area (TPSA) is 46.0 Å². The van der Waals surface area contributed by atoms with E-state index in [4.69, 9.17) is 0 Å². The molecule has 0 radical (unpaired) electrons. The third kappa shape index (κ3) is 2.75. The van der Waals surface area contributed by atoms with Crippen molar-refractivity contribution in [3.8, 4) is 0 Å². The lowest BCUT2D eigenvalue weighted by Crippen LogP contribution is -2.44. The second-order valence-electron chi connectivity index (χ2n) is 5.70. The van der Waals surface area contributed by atoms with Crippen LogP contribution in [-0.4, -0.2) is 40.9 Å². The van der Waals surface area contributed by atoms with Crippen LogP contribution in [0.15, 0.2) is 12.3 Å². The highest BCUT2D eigenvalue weighted by Crippen LogP contribution is 2.36. The van der Waals surface area contributed by atoms with Crippen LogP contribution in [0.4, 0.5) is 19.0 Å². The summed E-state index contributed by atoms with van der Waals surface area (Å²) in [7, 11) is 0. The van der Waals surface area contributed by atoms with Crippen molar-refractivity contribution in [3.05, 3.63) is 17.8 Å². The highest BCUT2D eigenvalue weighted by atomic mass is 19.4. The van der Waals surface area contributed by atoms with Crippen LogP contribution in [-0.2, 0) is 6.18 Å². The van der Waals surface area contributed by atoms with Crippen molar-refractivity contribution >= 4 is 16.9 Å². The Hall–Kier alpha value is -1.83. The molecule has 0 unspecified atom stereocenters. The Morgan fingerprint density at radius 3 is 2.50 bits per heavy atom. The number of alkyl halides is 3. The van der Waals surface area contributed by atoms with Crippen molar-refractivity contribution in [3.63, 3.8) is 0 Å². The minimum Gasteiger partial charge on any atom is -0.354 e. The zero-order chi connectivity index (χ0) is 15.9. The molecule has 1 aliphatic rings. The number of hydrogen-bond acceptors (Lipinski definition) is 4. The summed E-state index contributed by atoms with van der Waals surface area (Å²) in [4.78, 5) is 6.20. The average molecular weight is 313 g/mol. The molecule has 0 aliphatic carbocycles. The van der Waals surface area contributed by atoms with Gasteiger partial charge in [0.2, 0.25) is 0 Å². The minimum absolute atomic E-state index is 0.0158. The number of anilines is 1. The maximum Gasteiger partial charge on any atom is 0.417 e. The molecule has 0 atom stereocenters. The van der Waals surface area contributed by atoms with Crippen molar-refractivity contribution < 1.29 is 13.2 Å². The quantitative estimate of drug-likeness (QED) is 0.925. The number of nitrogens with one attached hydrogen (secondary N) is 1. The molecule has 1 fully saturated rings. The van der Waals surface area contributed by atoms with E-state index < -0.39 is 11.7 Å². The fourth-order valence-electron chi connectivity index (χ4n) is 2.56. The molecule has 0 saturated carbocycles. The molecule has 1 saturated heterocycles. The predicted octanol–water partition coefficient (Wildman–Crippen LogP) is 2.44. The number of piperazine rings is 1. The van der Waals surface area contributed by atoms with Gasteiger partial charge in [0.15, 0.2) is 5.65 Å². The number of pyridine rings is 1. The Morgan fingerprint density at radius 2 is 1.91 bits per heavy atom. The fraction of sp³-hybridized carbons (Fsp3) is 0.571. The molecule has 1 N–H and O–H groups in total. The molecule has 2 aromatic rings. The molecule has 8 heteroatoms. The SMILES string of the molecule is CC(C)n1cc2c(C(F)(F)F)cc(N3CCNCC3)nc2n1. The van der Waals surface area contributed by atoms with Crippen LogP contribution < -0.4 is 10.2 Å². The van der Waals surface area contributed by atoms with Gasteiger partial charge in [-0.15, -0.1) is 0 Å². The molecular weight excluding hydrogens is 295 g/mol. The molecule has 2 aromatic heterocycles. The molecule has 120 valence electrons. The number of fused-ring (bicyclic) bond motifs is 1. The van der Waals surface area contributed by atoms with Crippen LogP contribution in [0.1, 0.15) is 25.5 Å². The van der Waals surface area contributed by atoms with Gasteiger partial charge in [-0.3, -0.25) is 4.68 Å². The smallest absolute Gasteiger partial charge is 0.354 e. The highest BCUT2D eigenvalue weighted by Gasteiger charge is 2.35. The lowest BCUT2D eigenvalue weighted by Gasteiger charge is -2.28. The summed E-state index contributed by atoms with van der Waals surface area (Å²) < 4.78 is 41.7. The lowest BCUT2D eigenvalue weighted by atomic mass is 10.1. The van der Waals surface area contributed by atoms with E-state index in [2.05, 4.69) is 15.4 Å². The van der Waals surface area contributed by atoms with E-state index in [9.17, 15) is 13.2 Å². The first-order valence-corrected chi connectivity index (χ1v) is 7.29. The van der Waals surface area contributed by atoms with Crippen molar-refractivity contribution in [1.29, 1.82) is 0 Å². The van der Waals surface area contributed by atoms with Gasteiger partial charge in [0.25, 0.3) is 0 Å². The molecule has 22 heavy (non-hydrogen) atoms. The van der Waals surface area contributed by atoms with E-state index in [1.165, 1.54) is 10.9 Å². The lowest BCUT2D eigenvalue weighted by molar-refractivity contribution is -0.136. The van der Waals surface area contributed by atoms with Gasteiger partial charge >= 0.3 is 6.18 Å². The van der Waals surface area contributed by atoms with E-state index in [0.29, 0.717) is 18.9 Å². The summed E-state index contributed by atoms with van der Waals surface area (Å²) in [5.74, 6) is 0.343. The number of nitrogens with zero attached hydrogens (tertiary/aromatic N) is 4. The molecule has 3 heterocycles. The van der Waals surface area contributed by atoms with Gasteiger partial charge in [-0.2, -0.15) is 18.3 Å². The van der Waals surface area contributed by atoms with Crippen LogP contribution in [0, 0.1) is 0 Å². The fourth-order valence-corrected chi connectivity index (χ4v) is 2.56. The van der Waals surface area contributed by atoms with Crippen molar-refractivity contribution in [2.45, 2.75) is 26.1 Å². The summed E-state index contributed by atoms with van der Waals surface area (Å²) in [6.07, 6.45) is -2.99. The largest absolute Gasteiger partial charge is 0.417 e. The van der Waals surface area contributed by atoms with Gasteiger partial charge in [-0.05, 0) is 19.9 Å². The second-order valence-corrected chi connectivity index (χ2v) is 5.70. The molecule has 0 spiro atoms. The average Bonchev–Trinajstić information content (AvgIpc) is 2.90.